The molecule has 0 unspecified atom stereocenters. The van der Waals surface area contributed by atoms with Gasteiger partial charge >= 0.3 is 5.97 Å². The van der Waals surface area contributed by atoms with Gasteiger partial charge in [0, 0.05) is 12.5 Å². The molecule has 0 atom stereocenters. The molecule has 5 nitrogen and oxygen atoms in total. The second kappa shape index (κ2) is 5.68. The van der Waals surface area contributed by atoms with E-state index in [1.807, 2.05) is 39.0 Å². The molecule has 112 valence electrons. The Kier molecular flexibility index (Phi) is 4.11. The molecule has 21 heavy (non-hydrogen) atoms. The van der Waals surface area contributed by atoms with Crippen molar-refractivity contribution in [1.82, 2.24) is 4.98 Å². The maximum Gasteiger partial charge on any atom is 0.303 e. The fourth-order valence-electron chi connectivity index (χ4n) is 2.50. The smallest absolute Gasteiger partial charge is 0.303 e. The minimum Gasteiger partial charge on any atom is -0.618 e. The van der Waals surface area contributed by atoms with Crippen LogP contribution >= 0.6 is 0 Å². The lowest BCUT2D eigenvalue weighted by Crippen LogP contribution is -2.30. The van der Waals surface area contributed by atoms with Gasteiger partial charge in [0.25, 0.3) is 0 Å². The van der Waals surface area contributed by atoms with Crippen molar-refractivity contribution in [2.24, 2.45) is 5.41 Å². The zero-order valence-electron chi connectivity index (χ0n) is 12.6. The van der Waals surface area contributed by atoms with Crippen molar-refractivity contribution >= 4 is 17.0 Å². The number of fused-ring (bicyclic) bond motifs is 1. The molecule has 0 spiro atoms. The number of nitrogens with zero attached hydrogens (tertiary/aromatic N) is 2. The average Bonchev–Trinajstić information content (AvgIpc) is 2.36. The first-order valence-electron chi connectivity index (χ1n) is 7.04. The van der Waals surface area contributed by atoms with Crippen molar-refractivity contribution in [3.63, 3.8) is 0 Å². The Labute approximate surface area is 123 Å². The van der Waals surface area contributed by atoms with Crippen LogP contribution < -0.4 is 4.73 Å². The number of carboxylic acid groups (broad SMARTS) is 1. The van der Waals surface area contributed by atoms with Crippen LogP contribution in [-0.4, -0.2) is 16.1 Å². The minimum absolute atomic E-state index is 0.0420. The first-order chi connectivity index (χ1) is 9.80. The lowest BCUT2D eigenvalue weighted by Gasteiger charge is -2.21. The molecule has 0 aliphatic rings. The van der Waals surface area contributed by atoms with Gasteiger partial charge in [0.1, 0.15) is 11.2 Å². The molecule has 0 aliphatic heterocycles. The Morgan fingerprint density at radius 1 is 1.43 bits per heavy atom. The molecular formula is C16H20N2O3. The molecule has 0 bridgehead atoms. The van der Waals surface area contributed by atoms with Gasteiger partial charge in [-0.3, -0.25) is 4.79 Å². The Morgan fingerprint density at radius 2 is 2.14 bits per heavy atom. The van der Waals surface area contributed by atoms with Crippen LogP contribution in [0.15, 0.2) is 24.4 Å². The van der Waals surface area contributed by atoms with Crippen molar-refractivity contribution in [2.45, 2.75) is 40.0 Å². The zero-order chi connectivity index (χ0) is 15.6. The van der Waals surface area contributed by atoms with Crippen molar-refractivity contribution in [3.05, 3.63) is 40.9 Å². The highest BCUT2D eigenvalue weighted by Crippen LogP contribution is 2.25. The van der Waals surface area contributed by atoms with Gasteiger partial charge in [0.15, 0.2) is 0 Å². The predicted octanol–water partition coefficient (Wildman–Crippen LogP) is 2.47. The van der Waals surface area contributed by atoms with E-state index in [0.29, 0.717) is 23.1 Å². The maximum atomic E-state index is 12.1. The van der Waals surface area contributed by atoms with Gasteiger partial charge < -0.3 is 10.3 Å². The number of benzene rings is 1. The Balaban J connectivity index is 2.36. The van der Waals surface area contributed by atoms with E-state index >= 15 is 0 Å². The van der Waals surface area contributed by atoms with Crippen LogP contribution in [0.3, 0.4) is 0 Å². The molecule has 1 heterocycles. The standard InChI is InChI=1S/C16H20N2O3/c1-4-11-5-6-13-14(7-11)18(21)10-12(17-13)8-16(2,3)9-15(19)20/h5-7,10H,4,8-9H2,1-3H3,(H,19,20). The first-order valence-corrected chi connectivity index (χ1v) is 7.04. The highest BCUT2D eigenvalue weighted by molar-refractivity contribution is 5.72. The van der Waals surface area contributed by atoms with Gasteiger partial charge in [-0.1, -0.05) is 26.8 Å². The van der Waals surface area contributed by atoms with E-state index in [9.17, 15) is 10.0 Å². The molecule has 5 heteroatoms. The quantitative estimate of drug-likeness (QED) is 0.677. The summed E-state index contributed by atoms with van der Waals surface area (Å²) in [5.41, 5.74) is 2.46. The summed E-state index contributed by atoms with van der Waals surface area (Å²) in [5, 5.41) is 21.1. The summed E-state index contributed by atoms with van der Waals surface area (Å²) >= 11 is 0. The van der Waals surface area contributed by atoms with Gasteiger partial charge in [0.2, 0.25) is 11.7 Å². The number of aliphatic carboxylic acids is 1. The third kappa shape index (κ3) is 3.68. The lowest BCUT2D eigenvalue weighted by molar-refractivity contribution is -0.578. The molecule has 2 rings (SSSR count). The highest BCUT2D eigenvalue weighted by Gasteiger charge is 2.24. The number of hydrogen-bond acceptors (Lipinski definition) is 3. The normalized spacial score (nSPS) is 11.8. The van der Waals surface area contributed by atoms with Crippen LogP contribution in [0, 0.1) is 10.6 Å². The van der Waals surface area contributed by atoms with Crippen LogP contribution in [0.5, 0.6) is 0 Å². The number of aryl methyl sites for hydroxylation is 1. The summed E-state index contributed by atoms with van der Waals surface area (Å²) in [6, 6.07) is 5.65. The SMILES string of the molecule is CCc1ccc2nc(CC(C)(C)CC(=O)O)c[n+]([O-])c2c1. The molecule has 1 aromatic heterocycles. The number of carboxylic acids is 1. The molecule has 1 N–H and O–H groups in total. The van der Waals surface area contributed by atoms with E-state index in [4.69, 9.17) is 5.11 Å². The second-order valence-corrected chi connectivity index (χ2v) is 6.15. The number of hydrogen-bond donors (Lipinski definition) is 1. The first kappa shape index (κ1) is 15.2. The largest absolute Gasteiger partial charge is 0.618 e. The molecule has 0 fully saturated rings. The van der Waals surface area contributed by atoms with E-state index in [0.717, 1.165) is 16.7 Å². The van der Waals surface area contributed by atoms with Crippen molar-refractivity contribution in [1.29, 1.82) is 0 Å². The Bertz CT molecular complexity index is 681. The fraction of sp³-hybridized carbons (Fsp3) is 0.438. The maximum absolute atomic E-state index is 12.1. The van der Waals surface area contributed by atoms with Gasteiger partial charge in [-0.25, -0.2) is 4.98 Å². The van der Waals surface area contributed by atoms with E-state index in [-0.39, 0.29) is 6.42 Å². The lowest BCUT2D eigenvalue weighted by atomic mass is 9.84. The third-order valence-corrected chi connectivity index (χ3v) is 3.51. The topological polar surface area (TPSA) is 77.1 Å². The van der Waals surface area contributed by atoms with Crippen LogP contribution in [0.4, 0.5) is 0 Å². The number of aromatic nitrogens is 2. The molecule has 0 saturated carbocycles. The van der Waals surface area contributed by atoms with Gasteiger partial charge in [0.05, 0.1) is 6.42 Å². The van der Waals surface area contributed by atoms with Gasteiger partial charge in [-0.2, -0.15) is 4.73 Å². The Hall–Kier alpha value is -2.17. The third-order valence-electron chi connectivity index (χ3n) is 3.51. The molecule has 0 amide bonds. The molecule has 0 saturated heterocycles. The monoisotopic (exact) mass is 288 g/mol. The summed E-state index contributed by atoms with van der Waals surface area (Å²) < 4.78 is 0.827. The van der Waals surface area contributed by atoms with E-state index in [1.165, 1.54) is 6.20 Å². The van der Waals surface area contributed by atoms with E-state index in [1.54, 1.807) is 0 Å². The highest BCUT2D eigenvalue weighted by atomic mass is 16.5. The molecule has 0 aliphatic carbocycles. The predicted molar refractivity (Wildman–Crippen MR) is 79.8 cm³/mol. The average molecular weight is 288 g/mol. The van der Waals surface area contributed by atoms with Crippen LogP contribution in [0.1, 0.15) is 38.4 Å². The van der Waals surface area contributed by atoms with Crippen molar-refractivity contribution < 1.29 is 14.6 Å². The molecule has 0 radical (unpaired) electrons. The van der Waals surface area contributed by atoms with Gasteiger partial charge in [-0.05, 0) is 23.5 Å². The number of carbonyl (C=O) groups is 1. The van der Waals surface area contributed by atoms with Crippen LogP contribution in [-0.2, 0) is 17.6 Å². The zero-order valence-corrected chi connectivity index (χ0v) is 12.6. The van der Waals surface area contributed by atoms with Crippen LogP contribution in [0.25, 0.3) is 11.0 Å². The summed E-state index contributed by atoms with van der Waals surface area (Å²) in [5.74, 6) is -0.844. The van der Waals surface area contributed by atoms with Crippen molar-refractivity contribution in [2.75, 3.05) is 0 Å². The minimum atomic E-state index is -0.844. The summed E-state index contributed by atoms with van der Waals surface area (Å²) in [6.07, 6.45) is 2.81. The summed E-state index contributed by atoms with van der Waals surface area (Å²) in [6.45, 7) is 5.76. The van der Waals surface area contributed by atoms with Gasteiger partial charge in [-0.15, -0.1) is 0 Å². The molecule has 2 aromatic rings. The fourth-order valence-corrected chi connectivity index (χ4v) is 2.50. The second-order valence-electron chi connectivity index (χ2n) is 6.15. The summed E-state index contributed by atoms with van der Waals surface area (Å²) in [7, 11) is 0. The van der Waals surface area contributed by atoms with Crippen molar-refractivity contribution in [3.8, 4) is 0 Å². The van der Waals surface area contributed by atoms with Crippen LogP contribution in [0.2, 0.25) is 0 Å². The van der Waals surface area contributed by atoms with E-state index < -0.39 is 11.4 Å². The van der Waals surface area contributed by atoms with E-state index in [2.05, 4.69) is 4.98 Å². The molecule has 1 aromatic carbocycles. The Morgan fingerprint density at radius 3 is 2.76 bits per heavy atom. The number of rotatable bonds is 5. The molecular weight excluding hydrogens is 268 g/mol. The summed E-state index contributed by atoms with van der Waals surface area (Å²) in [4.78, 5) is 15.4.